The molecule has 0 aliphatic carbocycles. The number of methoxy groups -OCH3 is 3. The van der Waals surface area contributed by atoms with E-state index in [0.29, 0.717) is 16.9 Å². The van der Waals surface area contributed by atoms with Crippen LogP contribution in [0.25, 0.3) is 16.8 Å². The molecule has 140 valence electrons. The van der Waals surface area contributed by atoms with Crippen molar-refractivity contribution in [3.8, 4) is 11.1 Å². The lowest BCUT2D eigenvalue weighted by atomic mass is 10.1. The Morgan fingerprint density at radius 3 is 2.41 bits per heavy atom. The molecule has 0 saturated carbocycles. The summed E-state index contributed by atoms with van der Waals surface area (Å²) in [6.45, 7) is 0.221. The fraction of sp³-hybridized carbons (Fsp3) is 0.278. The van der Waals surface area contributed by atoms with Gasteiger partial charge in [0.25, 0.3) is 0 Å². The van der Waals surface area contributed by atoms with E-state index in [2.05, 4.69) is 15.3 Å². The summed E-state index contributed by atoms with van der Waals surface area (Å²) in [5.41, 5.74) is 2.72. The molecule has 0 N–H and O–H groups in total. The zero-order chi connectivity index (χ0) is 19.4. The Morgan fingerprint density at radius 2 is 1.78 bits per heavy atom. The molecule has 3 rings (SSSR count). The van der Waals surface area contributed by atoms with Crippen LogP contribution in [0.1, 0.15) is 21.9 Å². The quantitative estimate of drug-likeness (QED) is 0.600. The lowest BCUT2D eigenvalue weighted by Gasteiger charge is -2.08. The van der Waals surface area contributed by atoms with Gasteiger partial charge in [0.1, 0.15) is 0 Å². The average molecular weight is 370 g/mol. The molecule has 2 aromatic heterocycles. The number of benzene rings is 1. The first kappa shape index (κ1) is 18.5. The van der Waals surface area contributed by atoms with Crippen LogP contribution in [-0.4, -0.2) is 53.1 Å². The van der Waals surface area contributed by atoms with Gasteiger partial charge in [-0.1, -0.05) is 30.3 Å². The normalized spacial score (nSPS) is 10.8. The van der Waals surface area contributed by atoms with Crippen molar-refractivity contribution in [1.29, 1.82) is 0 Å². The molecule has 9 nitrogen and oxygen atoms in total. The van der Waals surface area contributed by atoms with Crippen LogP contribution in [0.5, 0.6) is 0 Å². The highest BCUT2D eigenvalue weighted by molar-refractivity contribution is 5.90. The van der Waals surface area contributed by atoms with E-state index in [9.17, 15) is 9.59 Å². The van der Waals surface area contributed by atoms with E-state index < -0.39 is 11.9 Å². The van der Waals surface area contributed by atoms with Gasteiger partial charge in [-0.2, -0.15) is 5.10 Å². The molecule has 0 unspecified atom stereocenters. The van der Waals surface area contributed by atoms with Gasteiger partial charge in [-0.15, -0.1) is 10.2 Å². The fourth-order valence-corrected chi connectivity index (χ4v) is 2.75. The van der Waals surface area contributed by atoms with Crippen LogP contribution >= 0.6 is 0 Å². The molecule has 0 aliphatic rings. The van der Waals surface area contributed by atoms with Gasteiger partial charge in [0, 0.05) is 7.11 Å². The Bertz CT molecular complexity index is 984. The van der Waals surface area contributed by atoms with Crippen LogP contribution in [0.3, 0.4) is 0 Å². The van der Waals surface area contributed by atoms with Crippen molar-refractivity contribution in [3.63, 3.8) is 0 Å². The third-order valence-electron chi connectivity index (χ3n) is 3.97. The largest absolute Gasteiger partial charge is 0.469 e. The Balaban J connectivity index is 2.31. The van der Waals surface area contributed by atoms with Gasteiger partial charge >= 0.3 is 11.9 Å². The van der Waals surface area contributed by atoms with Crippen LogP contribution in [0, 0.1) is 0 Å². The SMILES string of the molecule is COCc1nn2c(CC(=O)OC)c(C(=O)OC)nnc2c1-c1ccccc1. The Labute approximate surface area is 154 Å². The molecular formula is C18H18N4O5. The molecule has 2 heterocycles. The second-order valence-electron chi connectivity index (χ2n) is 5.60. The molecule has 0 amide bonds. The smallest absolute Gasteiger partial charge is 0.360 e. The highest BCUT2D eigenvalue weighted by atomic mass is 16.5. The van der Waals surface area contributed by atoms with E-state index in [1.807, 2.05) is 30.3 Å². The first-order valence-electron chi connectivity index (χ1n) is 8.07. The van der Waals surface area contributed by atoms with Gasteiger partial charge in [0.15, 0.2) is 11.3 Å². The van der Waals surface area contributed by atoms with Gasteiger partial charge in [-0.3, -0.25) is 4.79 Å². The summed E-state index contributed by atoms with van der Waals surface area (Å²) in [5, 5.41) is 12.7. The lowest BCUT2D eigenvalue weighted by molar-refractivity contribution is -0.139. The molecule has 0 radical (unpaired) electrons. The highest BCUT2D eigenvalue weighted by Crippen LogP contribution is 2.29. The van der Waals surface area contributed by atoms with Crippen molar-refractivity contribution in [2.45, 2.75) is 13.0 Å². The van der Waals surface area contributed by atoms with Crippen molar-refractivity contribution in [3.05, 3.63) is 47.4 Å². The van der Waals surface area contributed by atoms with Gasteiger partial charge in [0.2, 0.25) is 0 Å². The monoisotopic (exact) mass is 370 g/mol. The minimum absolute atomic E-state index is 0.0959. The van der Waals surface area contributed by atoms with Crippen LogP contribution in [0.15, 0.2) is 30.3 Å². The second kappa shape index (κ2) is 7.92. The van der Waals surface area contributed by atoms with E-state index in [4.69, 9.17) is 14.2 Å². The lowest BCUT2D eigenvalue weighted by Crippen LogP contribution is -2.19. The van der Waals surface area contributed by atoms with Gasteiger partial charge in [-0.05, 0) is 5.56 Å². The van der Waals surface area contributed by atoms with Crippen molar-refractivity contribution in [2.75, 3.05) is 21.3 Å². The molecule has 0 bridgehead atoms. The average Bonchev–Trinajstić information content (AvgIpc) is 3.07. The summed E-state index contributed by atoms with van der Waals surface area (Å²) < 4.78 is 16.2. The maximum Gasteiger partial charge on any atom is 0.360 e. The maximum atomic E-state index is 12.1. The number of hydrogen-bond acceptors (Lipinski definition) is 8. The first-order chi connectivity index (χ1) is 13.1. The predicted molar refractivity (Wildman–Crippen MR) is 94.0 cm³/mol. The third kappa shape index (κ3) is 3.49. The van der Waals surface area contributed by atoms with Crippen molar-refractivity contribution >= 4 is 17.6 Å². The predicted octanol–water partition coefficient (Wildman–Crippen LogP) is 1.44. The van der Waals surface area contributed by atoms with E-state index in [1.165, 1.54) is 18.7 Å². The second-order valence-corrected chi connectivity index (χ2v) is 5.60. The van der Waals surface area contributed by atoms with Crippen molar-refractivity contribution in [2.24, 2.45) is 0 Å². The topological polar surface area (TPSA) is 105 Å². The van der Waals surface area contributed by atoms with E-state index in [0.717, 1.165) is 5.56 Å². The van der Waals surface area contributed by atoms with Gasteiger partial charge in [0.05, 0.1) is 44.2 Å². The summed E-state index contributed by atoms with van der Waals surface area (Å²) in [6.07, 6.45) is -0.213. The zero-order valence-corrected chi connectivity index (χ0v) is 15.1. The van der Waals surface area contributed by atoms with E-state index in [1.54, 1.807) is 7.11 Å². The number of nitrogens with zero attached hydrogens (tertiary/aromatic N) is 4. The molecule has 9 heteroatoms. The minimum Gasteiger partial charge on any atom is -0.469 e. The third-order valence-corrected chi connectivity index (χ3v) is 3.97. The fourth-order valence-electron chi connectivity index (χ4n) is 2.75. The van der Waals surface area contributed by atoms with Crippen molar-refractivity contribution in [1.82, 2.24) is 19.8 Å². The van der Waals surface area contributed by atoms with Crippen LogP contribution in [0.2, 0.25) is 0 Å². The van der Waals surface area contributed by atoms with Gasteiger partial charge < -0.3 is 14.2 Å². The van der Waals surface area contributed by atoms with Crippen LogP contribution < -0.4 is 0 Å². The Hall–Kier alpha value is -3.33. The number of ether oxygens (including phenoxy) is 3. The summed E-state index contributed by atoms with van der Waals surface area (Å²) in [4.78, 5) is 24.0. The molecule has 27 heavy (non-hydrogen) atoms. The Kier molecular flexibility index (Phi) is 5.41. The summed E-state index contributed by atoms with van der Waals surface area (Å²) in [5.74, 6) is -1.26. The standard InChI is InChI=1S/C18H18N4O5/c1-25-10-12-15(11-7-5-4-6-8-11)17-20-19-16(18(24)27-3)13(22(17)21-12)9-14(23)26-2/h4-8H,9-10H2,1-3H3. The Morgan fingerprint density at radius 1 is 1.04 bits per heavy atom. The van der Waals surface area contributed by atoms with Crippen molar-refractivity contribution < 1.29 is 23.8 Å². The molecule has 0 spiro atoms. The minimum atomic E-state index is -0.714. The molecule has 1 aromatic carbocycles. The molecule has 0 fully saturated rings. The summed E-state index contributed by atoms with van der Waals surface area (Å²) in [7, 11) is 4.05. The first-order valence-corrected chi connectivity index (χ1v) is 8.07. The van der Waals surface area contributed by atoms with Crippen LogP contribution in [0.4, 0.5) is 0 Å². The molecule has 0 saturated heterocycles. The number of esters is 2. The van der Waals surface area contributed by atoms with E-state index >= 15 is 0 Å². The number of hydrogen-bond donors (Lipinski definition) is 0. The number of carbonyl (C=O) groups excluding carboxylic acids is 2. The number of fused-ring (bicyclic) bond motifs is 1. The maximum absolute atomic E-state index is 12.1. The molecular weight excluding hydrogens is 352 g/mol. The van der Waals surface area contributed by atoms with E-state index in [-0.39, 0.29) is 24.4 Å². The number of aromatic nitrogens is 4. The number of carbonyl (C=O) groups is 2. The van der Waals surface area contributed by atoms with Gasteiger partial charge in [-0.25, -0.2) is 9.31 Å². The zero-order valence-electron chi connectivity index (χ0n) is 15.1. The molecule has 3 aromatic rings. The van der Waals surface area contributed by atoms with Crippen LogP contribution in [-0.2, 0) is 32.0 Å². The summed E-state index contributed by atoms with van der Waals surface area (Å²) >= 11 is 0. The highest BCUT2D eigenvalue weighted by Gasteiger charge is 2.25. The number of rotatable bonds is 6. The molecule has 0 atom stereocenters. The summed E-state index contributed by atoms with van der Waals surface area (Å²) in [6, 6.07) is 9.50. The molecule has 0 aliphatic heterocycles.